The Bertz CT molecular complexity index is 714. The third-order valence-corrected chi connectivity index (χ3v) is 6.00. The summed E-state index contributed by atoms with van der Waals surface area (Å²) < 4.78 is 0. The molecule has 7 nitrogen and oxygen atoms in total. The largest absolute Gasteiger partial charge is 0.338 e. The maximum Gasteiger partial charge on any atom is 0.233 e. The first-order valence-electron chi connectivity index (χ1n) is 9.58. The van der Waals surface area contributed by atoms with Crippen molar-refractivity contribution in [2.45, 2.75) is 44.5 Å². The van der Waals surface area contributed by atoms with E-state index in [1.807, 2.05) is 24.8 Å². The SMILES string of the molecule is CCC(C)(Cl)NC(=NC)Nc1cncc(N2CCC3(CCNCC3)C2=O)c1. The second-order valence-electron chi connectivity index (χ2n) is 7.54. The van der Waals surface area contributed by atoms with Crippen molar-refractivity contribution in [2.24, 2.45) is 10.4 Å². The Morgan fingerprint density at radius 1 is 1.41 bits per heavy atom. The van der Waals surface area contributed by atoms with Gasteiger partial charge in [0.05, 0.1) is 29.2 Å². The van der Waals surface area contributed by atoms with Gasteiger partial charge in [-0.2, -0.15) is 0 Å². The molecule has 0 aromatic carbocycles. The number of aromatic nitrogens is 1. The Morgan fingerprint density at radius 3 is 2.81 bits per heavy atom. The Kier molecular flexibility index (Phi) is 5.91. The van der Waals surface area contributed by atoms with Crippen LogP contribution in [0.15, 0.2) is 23.5 Å². The molecule has 0 bridgehead atoms. The van der Waals surface area contributed by atoms with Crippen molar-refractivity contribution in [2.75, 3.05) is 36.9 Å². The Morgan fingerprint density at radius 2 is 2.15 bits per heavy atom. The third kappa shape index (κ3) is 4.35. The van der Waals surface area contributed by atoms with Gasteiger partial charge in [-0.05, 0) is 51.8 Å². The zero-order valence-electron chi connectivity index (χ0n) is 16.3. The molecule has 3 N–H and O–H groups in total. The van der Waals surface area contributed by atoms with E-state index in [9.17, 15) is 4.79 Å². The first-order chi connectivity index (χ1) is 12.9. The van der Waals surface area contributed by atoms with Crippen LogP contribution in [0.4, 0.5) is 11.4 Å². The molecule has 2 fully saturated rings. The second kappa shape index (κ2) is 8.02. The normalized spacial score (nSPS) is 22.0. The minimum absolute atomic E-state index is 0.201. The van der Waals surface area contributed by atoms with Gasteiger partial charge in [0, 0.05) is 13.6 Å². The monoisotopic (exact) mass is 392 g/mol. The lowest BCUT2D eigenvalue weighted by Crippen LogP contribution is -2.44. The van der Waals surface area contributed by atoms with Gasteiger partial charge in [-0.3, -0.25) is 14.8 Å². The van der Waals surface area contributed by atoms with Gasteiger partial charge < -0.3 is 20.9 Å². The summed E-state index contributed by atoms with van der Waals surface area (Å²) in [6, 6.07) is 1.94. The number of pyridine rings is 1. The van der Waals surface area contributed by atoms with Crippen LogP contribution >= 0.6 is 11.6 Å². The molecular formula is C19H29ClN6O. The fraction of sp³-hybridized carbons (Fsp3) is 0.632. The van der Waals surface area contributed by atoms with E-state index in [1.54, 1.807) is 19.4 Å². The number of carbonyl (C=O) groups excluding carboxylic acids is 1. The van der Waals surface area contributed by atoms with Gasteiger partial charge in [-0.1, -0.05) is 18.5 Å². The summed E-state index contributed by atoms with van der Waals surface area (Å²) in [5.41, 5.74) is 1.39. The number of hydrogen-bond acceptors (Lipinski definition) is 4. The van der Waals surface area contributed by atoms with E-state index in [0.29, 0.717) is 5.96 Å². The number of rotatable bonds is 4. The average molecular weight is 393 g/mol. The molecule has 27 heavy (non-hydrogen) atoms. The molecule has 1 amide bonds. The topological polar surface area (TPSA) is 81.7 Å². The second-order valence-corrected chi connectivity index (χ2v) is 8.38. The lowest BCUT2D eigenvalue weighted by Gasteiger charge is -2.32. The van der Waals surface area contributed by atoms with E-state index in [0.717, 1.165) is 56.7 Å². The number of guanidine groups is 1. The number of nitrogens with zero attached hydrogens (tertiary/aromatic N) is 3. The molecule has 1 aromatic rings. The molecule has 0 radical (unpaired) electrons. The summed E-state index contributed by atoms with van der Waals surface area (Å²) in [4.78, 5) is 22.9. The zero-order chi connectivity index (χ0) is 19.5. The van der Waals surface area contributed by atoms with E-state index in [2.05, 4.69) is 25.9 Å². The van der Waals surface area contributed by atoms with Gasteiger partial charge in [0.25, 0.3) is 0 Å². The van der Waals surface area contributed by atoms with Crippen molar-refractivity contribution < 1.29 is 4.79 Å². The van der Waals surface area contributed by atoms with Crippen LogP contribution in [0.25, 0.3) is 0 Å². The molecule has 148 valence electrons. The van der Waals surface area contributed by atoms with Gasteiger partial charge >= 0.3 is 0 Å². The van der Waals surface area contributed by atoms with Gasteiger partial charge in [-0.25, -0.2) is 0 Å². The standard InChI is InChI=1S/C19H29ClN6O/c1-4-18(2,20)25-17(21-3)24-14-11-15(13-23-12-14)26-10-7-19(16(26)27)5-8-22-9-6-19/h11-13,22H,4-10H2,1-3H3,(H2,21,24,25). The smallest absolute Gasteiger partial charge is 0.233 e. The minimum atomic E-state index is -0.584. The number of hydrogen-bond donors (Lipinski definition) is 3. The highest BCUT2D eigenvalue weighted by Crippen LogP contribution is 2.41. The van der Waals surface area contributed by atoms with Crippen LogP contribution < -0.4 is 20.9 Å². The zero-order valence-corrected chi connectivity index (χ0v) is 17.1. The van der Waals surface area contributed by atoms with Crippen LogP contribution in [-0.2, 0) is 4.79 Å². The van der Waals surface area contributed by atoms with Gasteiger partial charge in [0.15, 0.2) is 5.96 Å². The highest BCUT2D eigenvalue weighted by Gasteiger charge is 2.47. The molecule has 1 unspecified atom stereocenters. The van der Waals surface area contributed by atoms with Crippen LogP contribution in [-0.4, -0.2) is 48.5 Å². The predicted octanol–water partition coefficient (Wildman–Crippen LogP) is 2.54. The maximum absolute atomic E-state index is 13.1. The predicted molar refractivity (Wildman–Crippen MR) is 110 cm³/mol. The number of nitrogens with one attached hydrogen (secondary N) is 3. The number of amides is 1. The Labute approximate surface area is 166 Å². The van der Waals surface area contributed by atoms with E-state index in [4.69, 9.17) is 11.6 Å². The molecule has 1 spiro atoms. The van der Waals surface area contributed by atoms with Crippen LogP contribution in [0.2, 0.25) is 0 Å². The number of aliphatic imine (C=N–C) groups is 1. The van der Waals surface area contributed by atoms with Crippen LogP contribution in [0.5, 0.6) is 0 Å². The molecule has 3 rings (SSSR count). The molecular weight excluding hydrogens is 364 g/mol. The maximum atomic E-state index is 13.1. The molecule has 8 heteroatoms. The highest BCUT2D eigenvalue weighted by molar-refractivity contribution is 6.24. The van der Waals surface area contributed by atoms with Crippen LogP contribution in [0.1, 0.15) is 39.5 Å². The number of halogens is 1. The lowest BCUT2D eigenvalue weighted by molar-refractivity contribution is -0.126. The minimum Gasteiger partial charge on any atom is -0.338 e. The lowest BCUT2D eigenvalue weighted by atomic mass is 9.78. The summed E-state index contributed by atoms with van der Waals surface area (Å²) in [6.07, 6.45) is 6.94. The Hall–Kier alpha value is -1.86. The Balaban J connectivity index is 1.73. The van der Waals surface area contributed by atoms with Crippen molar-refractivity contribution in [1.82, 2.24) is 15.6 Å². The molecule has 0 saturated carbocycles. The van der Waals surface area contributed by atoms with E-state index < -0.39 is 5.00 Å². The highest BCUT2D eigenvalue weighted by atomic mass is 35.5. The number of anilines is 2. The quantitative estimate of drug-likeness (QED) is 0.317. The summed E-state index contributed by atoms with van der Waals surface area (Å²) in [5.74, 6) is 0.792. The molecule has 2 saturated heterocycles. The van der Waals surface area contributed by atoms with Crippen LogP contribution in [0, 0.1) is 5.41 Å². The first kappa shape index (κ1) is 19.9. The van der Waals surface area contributed by atoms with Crippen molar-refractivity contribution in [1.29, 1.82) is 0 Å². The summed E-state index contributed by atoms with van der Waals surface area (Å²) in [7, 11) is 1.69. The summed E-state index contributed by atoms with van der Waals surface area (Å²) >= 11 is 6.39. The van der Waals surface area contributed by atoms with Crippen molar-refractivity contribution in [3.63, 3.8) is 0 Å². The van der Waals surface area contributed by atoms with Gasteiger partial charge in [-0.15, -0.1) is 0 Å². The van der Waals surface area contributed by atoms with E-state index in [1.165, 1.54) is 0 Å². The van der Waals surface area contributed by atoms with Gasteiger partial charge in [0.2, 0.25) is 5.91 Å². The molecule has 1 atom stereocenters. The number of carbonyl (C=O) groups is 1. The molecule has 1 aromatic heterocycles. The van der Waals surface area contributed by atoms with Crippen molar-refractivity contribution in [3.05, 3.63) is 18.5 Å². The molecule has 3 heterocycles. The fourth-order valence-electron chi connectivity index (χ4n) is 3.69. The van der Waals surface area contributed by atoms with Gasteiger partial charge in [0.1, 0.15) is 5.00 Å². The van der Waals surface area contributed by atoms with Crippen LogP contribution in [0.3, 0.4) is 0 Å². The average Bonchev–Trinajstić information content (AvgIpc) is 2.98. The van der Waals surface area contributed by atoms with E-state index in [-0.39, 0.29) is 11.3 Å². The molecule has 2 aliphatic heterocycles. The summed E-state index contributed by atoms with van der Waals surface area (Å²) in [5, 5.41) is 9.73. The van der Waals surface area contributed by atoms with E-state index >= 15 is 0 Å². The molecule has 0 aliphatic carbocycles. The first-order valence-corrected chi connectivity index (χ1v) is 9.95. The van der Waals surface area contributed by atoms with Crippen molar-refractivity contribution >= 4 is 34.8 Å². The summed E-state index contributed by atoms with van der Waals surface area (Å²) in [6.45, 7) is 6.47. The third-order valence-electron chi connectivity index (χ3n) is 5.64. The number of piperidine rings is 1. The number of alkyl halides is 1. The molecule has 2 aliphatic rings. The fourth-order valence-corrected chi connectivity index (χ4v) is 3.78. The van der Waals surface area contributed by atoms with Crippen molar-refractivity contribution in [3.8, 4) is 0 Å².